The lowest BCUT2D eigenvalue weighted by molar-refractivity contribution is 0.315. The van der Waals surface area contributed by atoms with Crippen LogP contribution < -0.4 is 10.2 Å². The van der Waals surface area contributed by atoms with Gasteiger partial charge in [-0.1, -0.05) is 24.6 Å². The molecule has 0 radical (unpaired) electrons. The Balaban J connectivity index is 2.11. The smallest absolute Gasteiger partial charge is 0.0427 e. The van der Waals surface area contributed by atoms with Crippen LogP contribution in [-0.2, 0) is 6.54 Å². The zero-order valence-corrected chi connectivity index (χ0v) is 13.6. The van der Waals surface area contributed by atoms with E-state index in [9.17, 15) is 0 Å². The highest BCUT2D eigenvalue weighted by atomic mass is 35.5. The first-order valence-corrected chi connectivity index (χ1v) is 7.90. The summed E-state index contributed by atoms with van der Waals surface area (Å²) in [5.41, 5.74) is 2.65. The van der Waals surface area contributed by atoms with Gasteiger partial charge >= 0.3 is 0 Å². The van der Waals surface area contributed by atoms with Gasteiger partial charge in [0.1, 0.15) is 0 Å². The number of halogens is 1. The van der Waals surface area contributed by atoms with Crippen molar-refractivity contribution in [3.8, 4) is 0 Å². The topological polar surface area (TPSA) is 18.5 Å². The second kappa shape index (κ2) is 7.30. The molecular formula is C16H26ClN3. The normalized spacial score (nSPS) is 19.1. The fourth-order valence-corrected chi connectivity index (χ4v) is 2.93. The van der Waals surface area contributed by atoms with E-state index in [-0.39, 0.29) is 0 Å². The first kappa shape index (κ1) is 15.6. The highest BCUT2D eigenvalue weighted by molar-refractivity contribution is 6.30. The van der Waals surface area contributed by atoms with E-state index in [4.69, 9.17) is 11.6 Å². The van der Waals surface area contributed by atoms with Crippen LogP contribution in [0.2, 0.25) is 5.02 Å². The first-order chi connectivity index (χ1) is 9.61. The van der Waals surface area contributed by atoms with Crippen LogP contribution in [0, 0.1) is 0 Å². The lowest BCUT2D eigenvalue weighted by atomic mass is 10.1. The molecule has 112 valence electrons. The summed E-state index contributed by atoms with van der Waals surface area (Å²) in [7, 11) is 4.33. The number of nitrogens with one attached hydrogen (secondary N) is 1. The summed E-state index contributed by atoms with van der Waals surface area (Å²) in [5, 5.41) is 4.31. The van der Waals surface area contributed by atoms with E-state index in [1.807, 2.05) is 6.07 Å². The second-order valence-corrected chi connectivity index (χ2v) is 6.24. The van der Waals surface area contributed by atoms with Crippen LogP contribution in [0.5, 0.6) is 0 Å². The van der Waals surface area contributed by atoms with Gasteiger partial charge in [-0.05, 0) is 51.2 Å². The molecule has 0 spiro atoms. The van der Waals surface area contributed by atoms with Gasteiger partial charge in [-0.2, -0.15) is 0 Å². The van der Waals surface area contributed by atoms with Gasteiger partial charge in [0, 0.05) is 36.4 Å². The predicted molar refractivity (Wildman–Crippen MR) is 87.8 cm³/mol. The number of benzene rings is 1. The van der Waals surface area contributed by atoms with Crippen molar-refractivity contribution in [1.29, 1.82) is 0 Å². The molecule has 1 aliphatic heterocycles. The molecule has 20 heavy (non-hydrogen) atoms. The van der Waals surface area contributed by atoms with Gasteiger partial charge in [0.05, 0.1) is 0 Å². The molecule has 1 saturated heterocycles. The minimum Gasteiger partial charge on any atom is -0.370 e. The molecule has 0 bridgehead atoms. The van der Waals surface area contributed by atoms with Crippen LogP contribution in [0.1, 0.15) is 25.3 Å². The lowest BCUT2D eigenvalue weighted by Crippen LogP contribution is -2.32. The van der Waals surface area contributed by atoms with E-state index in [0.29, 0.717) is 6.04 Å². The highest BCUT2D eigenvalue weighted by Crippen LogP contribution is 2.28. The minimum atomic E-state index is 0.644. The average Bonchev–Trinajstić information content (AvgIpc) is 2.90. The van der Waals surface area contributed by atoms with Crippen LogP contribution in [-0.4, -0.2) is 44.7 Å². The molecule has 0 aromatic heterocycles. The minimum absolute atomic E-state index is 0.644. The van der Waals surface area contributed by atoms with Crippen molar-refractivity contribution in [2.75, 3.05) is 38.6 Å². The molecule has 1 unspecified atom stereocenters. The largest absolute Gasteiger partial charge is 0.370 e. The van der Waals surface area contributed by atoms with Crippen LogP contribution in [0.25, 0.3) is 0 Å². The molecule has 1 aliphatic rings. The zero-order chi connectivity index (χ0) is 14.5. The Labute approximate surface area is 127 Å². The number of nitrogens with zero attached hydrogens (tertiary/aromatic N) is 2. The van der Waals surface area contributed by atoms with Crippen molar-refractivity contribution in [1.82, 2.24) is 10.2 Å². The molecule has 0 amide bonds. The van der Waals surface area contributed by atoms with Crippen molar-refractivity contribution in [3.63, 3.8) is 0 Å². The molecule has 1 N–H and O–H groups in total. The van der Waals surface area contributed by atoms with Crippen molar-refractivity contribution < 1.29 is 0 Å². The van der Waals surface area contributed by atoms with Crippen LogP contribution in [0.15, 0.2) is 18.2 Å². The molecule has 1 aromatic rings. The summed E-state index contributed by atoms with van der Waals surface area (Å²) in [5.74, 6) is 0. The fraction of sp³-hybridized carbons (Fsp3) is 0.625. The monoisotopic (exact) mass is 295 g/mol. The Morgan fingerprint density at radius 3 is 2.85 bits per heavy atom. The molecule has 4 heteroatoms. The molecular weight excluding hydrogens is 270 g/mol. The van der Waals surface area contributed by atoms with E-state index < -0.39 is 0 Å². The van der Waals surface area contributed by atoms with Crippen LogP contribution >= 0.6 is 11.6 Å². The van der Waals surface area contributed by atoms with Crippen molar-refractivity contribution in [2.45, 2.75) is 32.4 Å². The van der Waals surface area contributed by atoms with Gasteiger partial charge < -0.3 is 15.1 Å². The highest BCUT2D eigenvalue weighted by Gasteiger charge is 2.25. The molecule has 0 saturated carbocycles. The molecule has 1 atom stereocenters. The van der Waals surface area contributed by atoms with Gasteiger partial charge in [0.2, 0.25) is 0 Å². The molecule has 1 heterocycles. The summed E-state index contributed by atoms with van der Waals surface area (Å²) in [4.78, 5) is 4.79. The lowest BCUT2D eigenvalue weighted by Gasteiger charge is -2.24. The summed E-state index contributed by atoms with van der Waals surface area (Å²) in [6, 6.07) is 6.91. The van der Waals surface area contributed by atoms with Gasteiger partial charge in [0.15, 0.2) is 0 Å². The molecule has 1 fully saturated rings. The van der Waals surface area contributed by atoms with E-state index in [2.05, 4.69) is 48.3 Å². The van der Waals surface area contributed by atoms with Gasteiger partial charge in [-0.25, -0.2) is 0 Å². The number of hydrogen-bond donors (Lipinski definition) is 1. The van der Waals surface area contributed by atoms with Gasteiger partial charge in [-0.15, -0.1) is 0 Å². The predicted octanol–water partition coefficient (Wildman–Crippen LogP) is 2.98. The Morgan fingerprint density at radius 2 is 2.20 bits per heavy atom. The third-order valence-electron chi connectivity index (χ3n) is 4.02. The maximum Gasteiger partial charge on any atom is 0.0427 e. The second-order valence-electron chi connectivity index (χ2n) is 5.80. The number of anilines is 1. The number of likely N-dealkylation sites (N-methyl/N-ethyl adjacent to an activating group) is 1. The average molecular weight is 296 g/mol. The van der Waals surface area contributed by atoms with Crippen molar-refractivity contribution in [2.24, 2.45) is 0 Å². The maximum atomic E-state index is 6.20. The fourth-order valence-electron chi connectivity index (χ4n) is 2.76. The first-order valence-electron chi connectivity index (χ1n) is 7.52. The molecule has 3 nitrogen and oxygen atoms in total. The van der Waals surface area contributed by atoms with E-state index >= 15 is 0 Å². The summed E-state index contributed by atoms with van der Waals surface area (Å²) < 4.78 is 0. The molecule has 2 rings (SSSR count). The third-order valence-corrected chi connectivity index (χ3v) is 4.26. The Kier molecular flexibility index (Phi) is 5.70. The standard InChI is InChI=1S/C16H26ClN3/c1-4-8-18-11-13-5-6-14(17)10-16(13)20-9-7-15(12-20)19(2)3/h5-6,10,15,18H,4,7-9,11-12H2,1-3H3. The maximum absolute atomic E-state index is 6.20. The van der Waals surface area contributed by atoms with Crippen molar-refractivity contribution >= 4 is 17.3 Å². The Hall–Kier alpha value is -0.770. The number of rotatable bonds is 6. The molecule has 1 aromatic carbocycles. The zero-order valence-electron chi connectivity index (χ0n) is 12.8. The Bertz CT molecular complexity index is 434. The van der Waals surface area contributed by atoms with E-state index in [1.165, 1.54) is 17.7 Å². The Morgan fingerprint density at radius 1 is 1.40 bits per heavy atom. The summed E-state index contributed by atoms with van der Waals surface area (Å²) >= 11 is 6.20. The van der Waals surface area contributed by atoms with Crippen LogP contribution in [0.3, 0.4) is 0 Å². The van der Waals surface area contributed by atoms with Crippen molar-refractivity contribution in [3.05, 3.63) is 28.8 Å². The van der Waals surface area contributed by atoms with E-state index in [0.717, 1.165) is 37.6 Å². The van der Waals surface area contributed by atoms with Gasteiger partial charge in [-0.3, -0.25) is 0 Å². The quantitative estimate of drug-likeness (QED) is 0.814. The number of hydrogen-bond acceptors (Lipinski definition) is 3. The third kappa shape index (κ3) is 3.87. The van der Waals surface area contributed by atoms with E-state index in [1.54, 1.807) is 0 Å². The van der Waals surface area contributed by atoms with Crippen LogP contribution in [0.4, 0.5) is 5.69 Å². The SMILES string of the molecule is CCCNCc1ccc(Cl)cc1N1CCC(N(C)C)C1. The van der Waals surface area contributed by atoms with Gasteiger partial charge in [0.25, 0.3) is 0 Å². The molecule has 0 aliphatic carbocycles. The summed E-state index contributed by atoms with van der Waals surface area (Å²) in [6.45, 7) is 6.38. The summed E-state index contributed by atoms with van der Waals surface area (Å²) in [6.07, 6.45) is 2.39.